The predicted octanol–water partition coefficient (Wildman–Crippen LogP) is 6.21. The van der Waals surface area contributed by atoms with E-state index < -0.39 is 12.9 Å². The molecule has 24 heavy (non-hydrogen) atoms. The van der Waals surface area contributed by atoms with Gasteiger partial charge in [-0.3, -0.25) is 0 Å². The molecule has 0 atom stereocenters. The van der Waals surface area contributed by atoms with Gasteiger partial charge in [-0.2, -0.15) is 0 Å². The third kappa shape index (κ3) is 22.2. The van der Waals surface area contributed by atoms with Gasteiger partial charge in [0.1, 0.15) is 0 Å². The summed E-state index contributed by atoms with van der Waals surface area (Å²) in [4.78, 5) is 0. The number of halogens is 4. The van der Waals surface area contributed by atoms with Crippen molar-refractivity contribution in [2.45, 2.75) is 114 Å². The van der Waals surface area contributed by atoms with Crippen LogP contribution in [0.4, 0.5) is 17.6 Å². The Hall–Kier alpha value is 0.154. The van der Waals surface area contributed by atoms with Crippen LogP contribution in [0, 0.1) is 0 Å². The van der Waals surface area contributed by atoms with Crippen LogP contribution in [-0.4, -0.2) is 31.9 Å². The van der Waals surface area contributed by atoms with Gasteiger partial charge in [0.2, 0.25) is 12.9 Å². The quantitative estimate of drug-likeness (QED) is 0.141. The van der Waals surface area contributed by atoms with Gasteiger partial charge in [-0.15, -0.1) is 0 Å². The molecule has 0 aliphatic rings. The van der Waals surface area contributed by atoms with Crippen LogP contribution in [0.2, 0.25) is 24.2 Å². The van der Waals surface area contributed by atoms with Crippen LogP contribution in [0.3, 0.4) is 0 Å². The highest BCUT2D eigenvalue weighted by Crippen LogP contribution is 2.12. The van der Waals surface area contributed by atoms with Gasteiger partial charge < -0.3 is 0 Å². The van der Waals surface area contributed by atoms with E-state index in [-0.39, 0.29) is 31.9 Å². The fraction of sp³-hybridized carbons (Fsp3) is 1.00. The van der Waals surface area contributed by atoms with Gasteiger partial charge in [-0.1, -0.05) is 75.5 Å². The lowest BCUT2D eigenvalue weighted by Crippen LogP contribution is -1.93. The average Bonchev–Trinajstić information content (AvgIpc) is 2.53. The molecule has 0 aromatic carbocycles. The number of hydrogen-bond acceptors (Lipinski definition) is 0. The summed E-state index contributed by atoms with van der Waals surface area (Å²) in [6, 6.07) is 5.52. The highest BCUT2D eigenvalue weighted by Gasteiger charge is 2.02. The molecule has 0 rings (SSSR count). The second-order valence-electron chi connectivity index (χ2n) is 7.02. The minimum Gasteiger partial charge on any atom is -0.211 e. The van der Waals surface area contributed by atoms with Crippen LogP contribution in [0.15, 0.2) is 0 Å². The van der Waals surface area contributed by atoms with E-state index in [4.69, 9.17) is 0 Å². The number of alkyl halides is 4. The van der Waals surface area contributed by atoms with Crippen LogP contribution in [0.1, 0.15) is 77.0 Å². The lowest BCUT2D eigenvalue weighted by atomic mass is 10.2. The second-order valence-corrected chi connectivity index (χ2v) is 11.3. The van der Waals surface area contributed by atoms with Crippen LogP contribution >= 0.6 is 0 Å². The topological polar surface area (TPSA) is 0 Å². The molecule has 0 radical (unpaired) electrons. The van der Waals surface area contributed by atoms with E-state index in [1.54, 1.807) is 0 Å². The van der Waals surface area contributed by atoms with Crippen molar-refractivity contribution in [3.8, 4) is 0 Å². The summed E-state index contributed by atoms with van der Waals surface area (Å²) >= 11 is 0. The zero-order valence-corrected chi connectivity index (χ0v) is 18.2. The van der Waals surface area contributed by atoms with Crippen LogP contribution in [0.25, 0.3) is 0 Å². The fourth-order valence-corrected chi connectivity index (χ4v) is 6.61. The number of hydrogen-bond donors (Lipinski definition) is 0. The zero-order chi connectivity index (χ0) is 17.9. The molecule has 0 saturated heterocycles. The maximum atomic E-state index is 11.9. The van der Waals surface area contributed by atoms with Crippen molar-refractivity contribution in [1.82, 2.24) is 0 Å². The maximum absolute atomic E-state index is 11.9. The summed E-state index contributed by atoms with van der Waals surface area (Å²) in [6.07, 6.45) is 7.12. The summed E-state index contributed by atoms with van der Waals surface area (Å²) in [6.45, 7) is 0. The minimum atomic E-state index is -2.12. The molecule has 0 unspecified atom stereocenters. The van der Waals surface area contributed by atoms with Gasteiger partial charge >= 0.3 is 0 Å². The first kappa shape index (κ1) is 24.2. The van der Waals surface area contributed by atoms with E-state index >= 15 is 0 Å². The molecule has 0 aromatic rings. The van der Waals surface area contributed by atoms with Crippen molar-refractivity contribution in [1.29, 1.82) is 0 Å². The highest BCUT2D eigenvalue weighted by molar-refractivity contribution is 6.35. The van der Waals surface area contributed by atoms with Gasteiger partial charge in [0, 0.05) is 31.9 Å². The summed E-state index contributed by atoms with van der Waals surface area (Å²) in [5.74, 6) is 0. The SMILES string of the molecule is FC(F)CCCCC[SiH2]CCCCCC[SiH2]CCCCCC(F)F. The molecule has 0 aromatic heterocycles. The Morgan fingerprint density at radius 2 is 0.708 bits per heavy atom. The Bertz CT molecular complexity index is 217. The summed E-state index contributed by atoms with van der Waals surface area (Å²) in [5.41, 5.74) is 0. The van der Waals surface area contributed by atoms with E-state index in [1.807, 2.05) is 0 Å². The van der Waals surface area contributed by atoms with Crippen molar-refractivity contribution < 1.29 is 17.6 Å². The second kappa shape index (κ2) is 19.5. The molecule has 6 heteroatoms. The Morgan fingerprint density at radius 3 is 1.00 bits per heavy atom. The van der Waals surface area contributed by atoms with Gasteiger partial charge in [0.05, 0.1) is 0 Å². The van der Waals surface area contributed by atoms with Gasteiger partial charge in [-0.05, 0) is 12.8 Å². The molecule has 0 fully saturated rings. The Morgan fingerprint density at radius 1 is 0.417 bits per heavy atom. The third-order valence-electron chi connectivity index (χ3n) is 4.59. The molecular formula is C18H38F4Si2. The van der Waals surface area contributed by atoms with Gasteiger partial charge in [0.15, 0.2) is 0 Å². The summed E-state index contributed by atoms with van der Waals surface area (Å²) in [7, 11) is 0.140. The van der Waals surface area contributed by atoms with E-state index in [0.29, 0.717) is 12.8 Å². The number of rotatable bonds is 19. The lowest BCUT2D eigenvalue weighted by Gasteiger charge is -2.03. The van der Waals surface area contributed by atoms with Crippen molar-refractivity contribution in [2.24, 2.45) is 0 Å². The molecular weight excluding hydrogens is 348 g/mol. The Balaban J connectivity index is 2.98. The van der Waals surface area contributed by atoms with Crippen molar-refractivity contribution in [3.05, 3.63) is 0 Å². The predicted molar refractivity (Wildman–Crippen MR) is 104 cm³/mol. The first-order valence-electron chi connectivity index (χ1n) is 10.2. The van der Waals surface area contributed by atoms with Gasteiger partial charge in [0.25, 0.3) is 0 Å². The molecule has 0 amide bonds. The largest absolute Gasteiger partial charge is 0.238 e. The minimum absolute atomic E-state index is 0.0698. The van der Waals surface area contributed by atoms with Crippen LogP contribution in [-0.2, 0) is 0 Å². The maximum Gasteiger partial charge on any atom is 0.238 e. The first-order valence-corrected chi connectivity index (χ1v) is 14.2. The zero-order valence-electron chi connectivity index (χ0n) is 15.4. The summed E-state index contributed by atoms with van der Waals surface area (Å²) in [5, 5.41) is 0. The smallest absolute Gasteiger partial charge is 0.211 e. The Kier molecular flexibility index (Phi) is 19.6. The van der Waals surface area contributed by atoms with Gasteiger partial charge in [-0.25, -0.2) is 17.6 Å². The van der Waals surface area contributed by atoms with E-state index in [2.05, 4.69) is 0 Å². The Labute approximate surface area is 151 Å². The van der Waals surface area contributed by atoms with E-state index in [0.717, 1.165) is 12.8 Å². The average molecular weight is 387 g/mol. The molecule has 0 bridgehead atoms. The molecule has 0 aliphatic carbocycles. The molecule has 0 aliphatic heterocycles. The number of unbranched alkanes of at least 4 members (excludes halogenated alkanes) is 7. The monoisotopic (exact) mass is 386 g/mol. The van der Waals surface area contributed by atoms with Crippen molar-refractivity contribution >= 4 is 19.0 Å². The highest BCUT2D eigenvalue weighted by atomic mass is 28.2. The molecule has 146 valence electrons. The molecule has 0 nitrogen and oxygen atoms in total. The van der Waals surface area contributed by atoms with Crippen LogP contribution in [0.5, 0.6) is 0 Å². The van der Waals surface area contributed by atoms with E-state index in [9.17, 15) is 17.6 Å². The normalized spacial score (nSPS) is 12.8. The van der Waals surface area contributed by atoms with E-state index in [1.165, 1.54) is 62.7 Å². The van der Waals surface area contributed by atoms with Crippen molar-refractivity contribution in [2.75, 3.05) is 0 Å². The summed E-state index contributed by atoms with van der Waals surface area (Å²) < 4.78 is 47.8. The molecule has 0 heterocycles. The van der Waals surface area contributed by atoms with Crippen molar-refractivity contribution in [3.63, 3.8) is 0 Å². The first-order chi connectivity index (χ1) is 11.6. The third-order valence-corrected chi connectivity index (χ3v) is 8.59. The molecule has 0 spiro atoms. The lowest BCUT2D eigenvalue weighted by molar-refractivity contribution is 0.133. The van der Waals surface area contributed by atoms with Crippen LogP contribution < -0.4 is 0 Å². The molecule has 0 N–H and O–H groups in total. The molecule has 0 saturated carbocycles. The fourth-order valence-electron chi connectivity index (χ4n) is 3.07. The standard InChI is InChI=1S/C18H38F4Si2/c19-17(20)11-5-3-9-15-23-13-7-1-2-8-14-24-16-10-4-6-12-18(21)22/h17-18H,1-16,23-24H2.